The number of nitrogens with zero attached hydrogens (tertiary/aromatic N) is 1. The van der Waals surface area contributed by atoms with E-state index in [4.69, 9.17) is 11.6 Å². The van der Waals surface area contributed by atoms with Crippen LogP contribution in [0.1, 0.15) is 29.7 Å². The lowest BCUT2D eigenvalue weighted by molar-refractivity contribution is 0.253. The summed E-state index contributed by atoms with van der Waals surface area (Å²) < 4.78 is 0. The van der Waals surface area contributed by atoms with Gasteiger partial charge in [0.15, 0.2) is 0 Å². The van der Waals surface area contributed by atoms with E-state index in [9.17, 15) is 0 Å². The minimum atomic E-state index is 0.292. The Labute approximate surface area is 131 Å². The second-order valence-electron chi connectivity index (χ2n) is 5.78. The van der Waals surface area contributed by atoms with Crippen molar-refractivity contribution in [2.45, 2.75) is 25.9 Å². The van der Waals surface area contributed by atoms with Crippen LogP contribution in [0.3, 0.4) is 0 Å². The predicted molar refractivity (Wildman–Crippen MR) is 90.0 cm³/mol. The number of hydrogen-bond acceptors (Lipinski definition) is 2. The first-order valence-electron chi connectivity index (χ1n) is 7.45. The van der Waals surface area contributed by atoms with Gasteiger partial charge in [0, 0.05) is 29.8 Å². The number of fused-ring (bicyclic) bond motifs is 1. The van der Waals surface area contributed by atoms with Crippen molar-refractivity contribution < 1.29 is 0 Å². The van der Waals surface area contributed by atoms with Crippen LogP contribution >= 0.6 is 11.6 Å². The molecule has 0 aliphatic carbocycles. The highest BCUT2D eigenvalue weighted by atomic mass is 35.5. The van der Waals surface area contributed by atoms with Crippen molar-refractivity contribution in [3.8, 4) is 0 Å². The average molecular weight is 301 g/mol. The molecule has 0 spiro atoms. The Hall–Kier alpha value is -1.51. The quantitative estimate of drug-likeness (QED) is 0.894. The molecule has 1 heterocycles. The lowest BCUT2D eigenvalue weighted by atomic mass is 10.1. The molecule has 0 bridgehead atoms. The third-order valence-electron chi connectivity index (χ3n) is 4.33. The van der Waals surface area contributed by atoms with Crippen LogP contribution in [-0.2, 0) is 13.0 Å². The molecule has 2 aromatic carbocycles. The van der Waals surface area contributed by atoms with Crippen LogP contribution < -0.4 is 5.32 Å². The smallest absolute Gasteiger partial charge is 0.0453 e. The molecule has 0 radical (unpaired) electrons. The molecule has 3 heteroatoms. The monoisotopic (exact) mass is 300 g/mol. The predicted octanol–water partition coefficient (Wildman–Crippen LogP) is 4.50. The van der Waals surface area contributed by atoms with Crippen LogP contribution in [-0.4, -0.2) is 18.5 Å². The van der Waals surface area contributed by atoms with Gasteiger partial charge in [-0.25, -0.2) is 0 Å². The van der Waals surface area contributed by atoms with Crippen LogP contribution in [0, 0.1) is 0 Å². The van der Waals surface area contributed by atoms with Crippen molar-refractivity contribution in [1.82, 2.24) is 4.90 Å². The zero-order valence-electron chi connectivity index (χ0n) is 12.6. The largest absolute Gasteiger partial charge is 0.384 e. The maximum Gasteiger partial charge on any atom is 0.0453 e. The highest BCUT2D eigenvalue weighted by molar-refractivity contribution is 6.31. The molecule has 1 aliphatic rings. The van der Waals surface area contributed by atoms with E-state index in [2.05, 4.69) is 48.5 Å². The lowest BCUT2D eigenvalue weighted by Crippen LogP contribution is -2.22. The van der Waals surface area contributed by atoms with E-state index in [0.717, 1.165) is 24.5 Å². The molecule has 0 saturated carbocycles. The molecule has 0 fully saturated rings. The third-order valence-corrected chi connectivity index (χ3v) is 4.68. The third kappa shape index (κ3) is 3.07. The average Bonchev–Trinajstić information content (AvgIpc) is 2.94. The molecule has 0 amide bonds. The summed E-state index contributed by atoms with van der Waals surface area (Å²) in [6, 6.07) is 15.1. The fourth-order valence-electron chi connectivity index (χ4n) is 2.91. The summed E-state index contributed by atoms with van der Waals surface area (Å²) in [6.45, 7) is 4.18. The van der Waals surface area contributed by atoms with Crippen molar-refractivity contribution in [1.29, 1.82) is 0 Å². The van der Waals surface area contributed by atoms with Gasteiger partial charge in [-0.05, 0) is 49.2 Å². The zero-order valence-corrected chi connectivity index (χ0v) is 13.3. The summed E-state index contributed by atoms with van der Waals surface area (Å²) in [7, 11) is 2.15. The van der Waals surface area contributed by atoms with Crippen molar-refractivity contribution in [3.63, 3.8) is 0 Å². The number of rotatable bonds is 4. The molecule has 0 aromatic heterocycles. The van der Waals surface area contributed by atoms with Gasteiger partial charge in [-0.1, -0.05) is 41.9 Å². The molecule has 2 aromatic rings. The minimum Gasteiger partial charge on any atom is -0.384 e. The van der Waals surface area contributed by atoms with Gasteiger partial charge in [-0.15, -0.1) is 0 Å². The first-order valence-corrected chi connectivity index (χ1v) is 7.83. The Bertz CT molecular complexity index is 639. The Balaban J connectivity index is 1.74. The highest BCUT2D eigenvalue weighted by Gasteiger charge is 2.16. The maximum atomic E-state index is 6.31. The van der Waals surface area contributed by atoms with E-state index in [1.165, 1.54) is 22.4 Å². The van der Waals surface area contributed by atoms with Crippen LogP contribution in [0.5, 0.6) is 0 Å². The van der Waals surface area contributed by atoms with Gasteiger partial charge in [-0.3, -0.25) is 4.90 Å². The summed E-state index contributed by atoms with van der Waals surface area (Å²) >= 11 is 6.31. The van der Waals surface area contributed by atoms with E-state index >= 15 is 0 Å². The molecule has 1 N–H and O–H groups in total. The summed E-state index contributed by atoms with van der Waals surface area (Å²) in [5.41, 5.74) is 5.25. The van der Waals surface area contributed by atoms with E-state index in [1.807, 2.05) is 18.2 Å². The van der Waals surface area contributed by atoms with E-state index in [0.29, 0.717) is 6.04 Å². The zero-order chi connectivity index (χ0) is 14.8. The van der Waals surface area contributed by atoms with Gasteiger partial charge >= 0.3 is 0 Å². The topological polar surface area (TPSA) is 15.3 Å². The van der Waals surface area contributed by atoms with E-state index in [1.54, 1.807) is 0 Å². The number of halogens is 1. The summed E-state index contributed by atoms with van der Waals surface area (Å²) in [4.78, 5) is 2.33. The summed E-state index contributed by atoms with van der Waals surface area (Å²) in [5, 5.41) is 4.28. The number of nitrogens with one attached hydrogen (secondary N) is 1. The van der Waals surface area contributed by atoms with Crippen LogP contribution in [0.2, 0.25) is 5.02 Å². The number of anilines is 1. The van der Waals surface area contributed by atoms with Gasteiger partial charge in [-0.2, -0.15) is 0 Å². The summed E-state index contributed by atoms with van der Waals surface area (Å²) in [6.07, 6.45) is 1.14. The fraction of sp³-hybridized carbons (Fsp3) is 0.333. The highest BCUT2D eigenvalue weighted by Crippen LogP contribution is 2.28. The van der Waals surface area contributed by atoms with Gasteiger partial charge in [0.05, 0.1) is 0 Å². The molecule has 1 unspecified atom stereocenters. The number of hydrogen-bond donors (Lipinski definition) is 1. The van der Waals surface area contributed by atoms with Crippen molar-refractivity contribution in [2.75, 3.05) is 18.9 Å². The normalized spacial score (nSPS) is 14.9. The first-order chi connectivity index (χ1) is 10.1. The molecule has 110 valence electrons. The lowest BCUT2D eigenvalue weighted by Gasteiger charge is -2.26. The molecule has 0 saturated heterocycles. The van der Waals surface area contributed by atoms with E-state index < -0.39 is 0 Å². The van der Waals surface area contributed by atoms with Crippen LogP contribution in [0.4, 0.5) is 5.69 Å². The van der Waals surface area contributed by atoms with Gasteiger partial charge in [0.25, 0.3) is 0 Å². The van der Waals surface area contributed by atoms with Crippen LogP contribution in [0.15, 0.2) is 42.5 Å². The van der Waals surface area contributed by atoms with E-state index in [-0.39, 0.29) is 0 Å². The molecule has 21 heavy (non-hydrogen) atoms. The first kappa shape index (κ1) is 14.4. The molecule has 1 aliphatic heterocycles. The Morgan fingerprint density at radius 3 is 2.86 bits per heavy atom. The van der Waals surface area contributed by atoms with Crippen molar-refractivity contribution in [2.24, 2.45) is 0 Å². The van der Waals surface area contributed by atoms with Crippen molar-refractivity contribution >= 4 is 17.3 Å². The SMILES string of the molecule is CC(c1ccccc1Cl)N(C)Cc1ccc2c(c1)NCC2. The molecule has 1 atom stereocenters. The molecule has 3 rings (SSSR count). The maximum absolute atomic E-state index is 6.31. The minimum absolute atomic E-state index is 0.292. The molecular weight excluding hydrogens is 280 g/mol. The Morgan fingerprint density at radius 1 is 1.24 bits per heavy atom. The fourth-order valence-corrected chi connectivity index (χ4v) is 3.21. The van der Waals surface area contributed by atoms with Gasteiger partial charge in [0.1, 0.15) is 0 Å². The Kier molecular flexibility index (Phi) is 4.18. The van der Waals surface area contributed by atoms with Crippen LogP contribution in [0.25, 0.3) is 0 Å². The second-order valence-corrected chi connectivity index (χ2v) is 6.19. The molecular formula is C18H21ClN2. The Morgan fingerprint density at radius 2 is 2.05 bits per heavy atom. The van der Waals surface area contributed by atoms with Gasteiger partial charge < -0.3 is 5.32 Å². The second kappa shape index (κ2) is 6.08. The summed E-state index contributed by atoms with van der Waals surface area (Å²) in [5.74, 6) is 0. The number of benzene rings is 2. The molecule has 2 nitrogen and oxygen atoms in total. The van der Waals surface area contributed by atoms with Crippen molar-refractivity contribution in [3.05, 3.63) is 64.2 Å². The van der Waals surface area contributed by atoms with Gasteiger partial charge in [0.2, 0.25) is 0 Å². The standard InChI is InChI=1S/C18H21ClN2/c1-13(16-5-3-4-6-17(16)19)21(2)12-14-7-8-15-9-10-20-18(15)11-14/h3-8,11,13,20H,9-10,12H2,1-2H3.